The summed E-state index contributed by atoms with van der Waals surface area (Å²) < 4.78 is 0. The fourth-order valence-corrected chi connectivity index (χ4v) is 2.89. The number of nitrogens with zero attached hydrogens (tertiary/aromatic N) is 1. The fourth-order valence-electron chi connectivity index (χ4n) is 1.93. The van der Waals surface area contributed by atoms with Gasteiger partial charge in [0.25, 0.3) is 0 Å². The van der Waals surface area contributed by atoms with Gasteiger partial charge in [0.15, 0.2) is 0 Å². The molecule has 0 radical (unpaired) electrons. The lowest BCUT2D eigenvalue weighted by Crippen LogP contribution is -1.97. The van der Waals surface area contributed by atoms with E-state index < -0.39 is 0 Å². The number of hydrogen-bond acceptors (Lipinski definition) is 2. The molecule has 2 heteroatoms. The molecule has 0 aromatic heterocycles. The Hall–Kier alpha value is -1.20. The van der Waals surface area contributed by atoms with E-state index in [1.54, 1.807) is 0 Å². The van der Waals surface area contributed by atoms with Crippen molar-refractivity contribution >= 4 is 17.3 Å². The molecule has 0 fully saturated rings. The minimum Gasteiger partial charge on any atom is -0.192 e. The molecule has 0 saturated heterocycles. The van der Waals surface area contributed by atoms with Crippen molar-refractivity contribution in [2.45, 2.75) is 31.9 Å². The Morgan fingerprint density at radius 2 is 2.31 bits per heavy atom. The van der Waals surface area contributed by atoms with Crippen molar-refractivity contribution in [3.63, 3.8) is 0 Å². The Bertz CT molecular complexity index is 454. The van der Waals surface area contributed by atoms with Crippen LogP contribution in [0, 0.1) is 11.3 Å². The van der Waals surface area contributed by atoms with Crippen LogP contribution < -0.4 is 0 Å². The van der Waals surface area contributed by atoms with Crippen molar-refractivity contribution in [2.75, 3.05) is 0 Å². The first-order valence-corrected chi connectivity index (χ1v) is 6.74. The first kappa shape index (κ1) is 11.3. The SMILES string of the molecule is CCCCC1=CSCc2ccc(C#N)cc21. The molecule has 82 valence electrons. The third kappa shape index (κ3) is 2.31. The lowest BCUT2D eigenvalue weighted by Gasteiger charge is -2.17. The second-order valence-electron chi connectivity index (χ2n) is 4.04. The molecule has 16 heavy (non-hydrogen) atoms. The highest BCUT2D eigenvalue weighted by atomic mass is 32.2. The standard InChI is InChI=1S/C14H15NS/c1-2-3-4-12-9-16-10-13-6-5-11(8-15)7-14(12)13/h5-7,9H,2-4,10H2,1H3. The Balaban J connectivity index is 2.32. The van der Waals surface area contributed by atoms with Crippen LogP contribution in [0.5, 0.6) is 0 Å². The van der Waals surface area contributed by atoms with E-state index in [1.165, 1.54) is 29.5 Å². The van der Waals surface area contributed by atoms with E-state index >= 15 is 0 Å². The molecule has 0 aliphatic carbocycles. The van der Waals surface area contributed by atoms with Gasteiger partial charge in [-0.15, -0.1) is 11.8 Å². The molecule has 0 unspecified atom stereocenters. The molecule has 0 amide bonds. The normalized spacial score (nSPS) is 13.9. The zero-order valence-corrected chi connectivity index (χ0v) is 10.3. The number of rotatable bonds is 3. The summed E-state index contributed by atoms with van der Waals surface area (Å²) in [6.07, 6.45) is 3.57. The average Bonchev–Trinajstić information content (AvgIpc) is 2.35. The van der Waals surface area contributed by atoms with Gasteiger partial charge in [0.05, 0.1) is 11.6 Å². The van der Waals surface area contributed by atoms with Crippen LogP contribution in [-0.2, 0) is 5.75 Å². The minimum atomic E-state index is 0.771. The van der Waals surface area contributed by atoms with Crippen LogP contribution in [0.4, 0.5) is 0 Å². The number of nitriles is 1. The number of benzene rings is 1. The van der Waals surface area contributed by atoms with Gasteiger partial charge in [-0.05, 0) is 47.1 Å². The maximum absolute atomic E-state index is 8.93. The summed E-state index contributed by atoms with van der Waals surface area (Å²) in [7, 11) is 0. The molecule has 0 spiro atoms. The second kappa shape index (κ2) is 5.23. The molecule has 0 saturated carbocycles. The Morgan fingerprint density at radius 3 is 3.06 bits per heavy atom. The first-order chi connectivity index (χ1) is 7.85. The van der Waals surface area contributed by atoms with Gasteiger partial charge in [0.2, 0.25) is 0 Å². The summed E-state index contributed by atoms with van der Waals surface area (Å²) in [6, 6.07) is 8.27. The second-order valence-corrected chi connectivity index (χ2v) is 4.90. The first-order valence-electron chi connectivity index (χ1n) is 5.69. The van der Waals surface area contributed by atoms with Gasteiger partial charge >= 0.3 is 0 Å². The van der Waals surface area contributed by atoms with Crippen LogP contribution in [0.15, 0.2) is 23.6 Å². The molecular formula is C14H15NS. The predicted molar refractivity (Wildman–Crippen MR) is 70.0 cm³/mol. The largest absolute Gasteiger partial charge is 0.192 e. The van der Waals surface area contributed by atoms with E-state index in [9.17, 15) is 0 Å². The van der Waals surface area contributed by atoms with Crippen molar-refractivity contribution < 1.29 is 0 Å². The molecule has 0 atom stereocenters. The van der Waals surface area contributed by atoms with E-state index in [-0.39, 0.29) is 0 Å². The lowest BCUT2D eigenvalue weighted by atomic mass is 9.95. The zero-order chi connectivity index (χ0) is 11.4. The monoisotopic (exact) mass is 229 g/mol. The topological polar surface area (TPSA) is 23.8 Å². The van der Waals surface area contributed by atoms with E-state index in [4.69, 9.17) is 5.26 Å². The summed E-state index contributed by atoms with van der Waals surface area (Å²) in [5.41, 5.74) is 4.85. The Kier molecular flexibility index (Phi) is 3.69. The average molecular weight is 229 g/mol. The molecule has 2 rings (SSSR count). The van der Waals surface area contributed by atoms with E-state index in [1.807, 2.05) is 23.9 Å². The molecule has 0 bridgehead atoms. The summed E-state index contributed by atoms with van der Waals surface area (Å²) in [5, 5.41) is 11.2. The predicted octanol–water partition coefficient (Wildman–Crippen LogP) is 4.34. The summed E-state index contributed by atoms with van der Waals surface area (Å²) in [4.78, 5) is 0. The molecule has 0 N–H and O–H groups in total. The molecule has 1 aromatic rings. The highest BCUT2D eigenvalue weighted by molar-refractivity contribution is 8.01. The number of unbranched alkanes of at least 4 members (excludes halogenated alkanes) is 1. The molecular weight excluding hydrogens is 214 g/mol. The maximum atomic E-state index is 8.93. The van der Waals surface area contributed by atoms with E-state index in [0.29, 0.717) is 0 Å². The van der Waals surface area contributed by atoms with Crippen molar-refractivity contribution in [1.29, 1.82) is 5.26 Å². The van der Waals surface area contributed by atoms with Gasteiger partial charge in [-0.25, -0.2) is 0 Å². The van der Waals surface area contributed by atoms with Gasteiger partial charge < -0.3 is 0 Å². The van der Waals surface area contributed by atoms with Crippen molar-refractivity contribution in [1.82, 2.24) is 0 Å². The molecule has 1 heterocycles. The van der Waals surface area contributed by atoms with Crippen LogP contribution in [-0.4, -0.2) is 0 Å². The Labute approximate surface area is 101 Å². The third-order valence-electron chi connectivity index (χ3n) is 2.85. The fraction of sp³-hybridized carbons (Fsp3) is 0.357. The van der Waals surface area contributed by atoms with Crippen molar-refractivity contribution in [3.05, 3.63) is 40.3 Å². The summed E-state index contributed by atoms with van der Waals surface area (Å²) in [6.45, 7) is 2.21. The highest BCUT2D eigenvalue weighted by Gasteiger charge is 2.12. The summed E-state index contributed by atoms with van der Waals surface area (Å²) in [5.74, 6) is 1.04. The van der Waals surface area contributed by atoms with Gasteiger partial charge in [-0.2, -0.15) is 5.26 Å². The van der Waals surface area contributed by atoms with Gasteiger partial charge in [0, 0.05) is 5.75 Å². The number of allylic oxidation sites excluding steroid dienone is 1. The highest BCUT2D eigenvalue weighted by Crippen LogP contribution is 2.34. The lowest BCUT2D eigenvalue weighted by molar-refractivity contribution is 0.824. The quantitative estimate of drug-likeness (QED) is 0.770. The van der Waals surface area contributed by atoms with Crippen LogP contribution in [0.3, 0.4) is 0 Å². The molecule has 1 aromatic carbocycles. The number of thioether (sulfide) groups is 1. The number of hydrogen-bond donors (Lipinski definition) is 0. The number of fused-ring (bicyclic) bond motifs is 1. The van der Waals surface area contributed by atoms with Gasteiger partial charge in [-0.3, -0.25) is 0 Å². The Morgan fingerprint density at radius 1 is 1.44 bits per heavy atom. The van der Waals surface area contributed by atoms with Gasteiger partial charge in [0.1, 0.15) is 0 Å². The van der Waals surface area contributed by atoms with Crippen LogP contribution in [0.25, 0.3) is 5.57 Å². The van der Waals surface area contributed by atoms with Crippen molar-refractivity contribution in [3.8, 4) is 6.07 Å². The minimum absolute atomic E-state index is 0.771. The van der Waals surface area contributed by atoms with E-state index in [0.717, 1.165) is 17.7 Å². The molecule has 1 aliphatic heterocycles. The van der Waals surface area contributed by atoms with E-state index in [2.05, 4.69) is 24.5 Å². The van der Waals surface area contributed by atoms with Crippen LogP contribution >= 0.6 is 11.8 Å². The van der Waals surface area contributed by atoms with Crippen molar-refractivity contribution in [2.24, 2.45) is 0 Å². The smallest absolute Gasteiger partial charge is 0.0991 e. The molecule has 1 aliphatic rings. The van der Waals surface area contributed by atoms with Crippen LogP contribution in [0.1, 0.15) is 42.9 Å². The molecule has 1 nitrogen and oxygen atoms in total. The van der Waals surface area contributed by atoms with Crippen LogP contribution in [0.2, 0.25) is 0 Å². The summed E-state index contributed by atoms with van der Waals surface area (Å²) >= 11 is 1.86. The zero-order valence-electron chi connectivity index (χ0n) is 9.49. The maximum Gasteiger partial charge on any atom is 0.0991 e. The van der Waals surface area contributed by atoms with Gasteiger partial charge in [-0.1, -0.05) is 19.4 Å². The third-order valence-corrected chi connectivity index (χ3v) is 3.78.